The monoisotopic (exact) mass is 337 g/mol. The van der Waals surface area contributed by atoms with Gasteiger partial charge in [0.1, 0.15) is 0 Å². The molecular weight excluding hydrogens is 322 g/mol. The molecule has 0 atom stereocenters. The second-order valence-electron chi connectivity index (χ2n) is 5.30. The van der Waals surface area contributed by atoms with E-state index in [0.29, 0.717) is 18.1 Å². The molecule has 0 bridgehead atoms. The van der Waals surface area contributed by atoms with Crippen LogP contribution < -0.4 is 0 Å². The van der Waals surface area contributed by atoms with Crippen LogP contribution in [-0.2, 0) is 10.5 Å². The van der Waals surface area contributed by atoms with Crippen molar-refractivity contribution in [1.82, 2.24) is 14.8 Å². The largest absolute Gasteiger partial charge is 0.461 e. The maximum Gasteiger partial charge on any atom is 0.359 e. The molecular formula is C18H15N3O2S. The van der Waals surface area contributed by atoms with Crippen molar-refractivity contribution in [2.24, 2.45) is 0 Å². The molecule has 0 spiro atoms. The fourth-order valence-corrected chi connectivity index (χ4v) is 3.85. The molecule has 0 radical (unpaired) electrons. The van der Waals surface area contributed by atoms with Gasteiger partial charge in [-0.25, -0.2) is 9.48 Å². The van der Waals surface area contributed by atoms with Crippen LogP contribution in [0.3, 0.4) is 0 Å². The standard InChI is InChI=1S/C18H15N3O2S/c1-2-23-18(22)16-14-11-24-15-8-9-19-10-13(15)17(14)21(20-16)12-6-4-3-5-7-12/h3-10H,2,11H2,1H3. The molecule has 0 saturated heterocycles. The molecule has 0 unspecified atom stereocenters. The van der Waals surface area contributed by atoms with Crippen LogP contribution in [0, 0.1) is 0 Å². The topological polar surface area (TPSA) is 57.0 Å². The lowest BCUT2D eigenvalue weighted by Gasteiger charge is -2.17. The SMILES string of the molecule is CCOC(=O)c1nn(-c2ccccc2)c2c1CSc1ccncc1-2. The molecule has 0 amide bonds. The van der Waals surface area contributed by atoms with Gasteiger partial charge in [0.05, 0.1) is 18.0 Å². The quantitative estimate of drug-likeness (QED) is 0.682. The highest BCUT2D eigenvalue weighted by molar-refractivity contribution is 7.98. The zero-order valence-corrected chi connectivity index (χ0v) is 13.9. The molecule has 1 aliphatic heterocycles. The lowest BCUT2D eigenvalue weighted by molar-refractivity contribution is 0.0518. The van der Waals surface area contributed by atoms with Crippen LogP contribution in [0.25, 0.3) is 16.9 Å². The van der Waals surface area contributed by atoms with Gasteiger partial charge >= 0.3 is 5.97 Å². The summed E-state index contributed by atoms with van der Waals surface area (Å²) in [5, 5.41) is 4.58. The minimum Gasteiger partial charge on any atom is -0.461 e. The van der Waals surface area contributed by atoms with Crippen LogP contribution in [0.2, 0.25) is 0 Å². The number of ether oxygens (including phenoxy) is 1. The van der Waals surface area contributed by atoms with Gasteiger partial charge in [0.25, 0.3) is 0 Å². The van der Waals surface area contributed by atoms with E-state index in [1.54, 1.807) is 24.9 Å². The Morgan fingerprint density at radius 3 is 2.92 bits per heavy atom. The number of carbonyl (C=O) groups is 1. The van der Waals surface area contributed by atoms with Crippen molar-refractivity contribution in [1.29, 1.82) is 0 Å². The molecule has 0 aliphatic carbocycles. The van der Waals surface area contributed by atoms with Crippen molar-refractivity contribution >= 4 is 17.7 Å². The normalized spacial score (nSPS) is 12.4. The third-order valence-electron chi connectivity index (χ3n) is 3.86. The molecule has 1 aliphatic rings. The van der Waals surface area contributed by atoms with Gasteiger partial charge in [-0.2, -0.15) is 5.10 Å². The Kier molecular flexibility index (Phi) is 3.82. The predicted molar refractivity (Wildman–Crippen MR) is 92.3 cm³/mol. The van der Waals surface area contributed by atoms with Crippen molar-refractivity contribution < 1.29 is 9.53 Å². The predicted octanol–water partition coefficient (Wildman–Crippen LogP) is 3.72. The molecule has 120 valence electrons. The molecule has 3 heterocycles. The van der Waals surface area contributed by atoms with Gasteiger partial charge in [-0.3, -0.25) is 4.98 Å². The van der Waals surface area contributed by atoms with E-state index >= 15 is 0 Å². The summed E-state index contributed by atoms with van der Waals surface area (Å²) in [5.41, 5.74) is 4.12. The zero-order valence-electron chi connectivity index (χ0n) is 13.1. The van der Waals surface area contributed by atoms with Gasteiger partial charge in [-0.05, 0) is 25.1 Å². The highest BCUT2D eigenvalue weighted by atomic mass is 32.2. The van der Waals surface area contributed by atoms with Gasteiger partial charge in [0.15, 0.2) is 5.69 Å². The van der Waals surface area contributed by atoms with E-state index in [1.165, 1.54) is 0 Å². The van der Waals surface area contributed by atoms with Crippen molar-refractivity contribution in [2.45, 2.75) is 17.6 Å². The number of fused-ring (bicyclic) bond motifs is 3. The van der Waals surface area contributed by atoms with Crippen LogP contribution in [-0.4, -0.2) is 27.3 Å². The van der Waals surface area contributed by atoms with E-state index in [4.69, 9.17) is 4.74 Å². The minimum atomic E-state index is -0.378. The molecule has 2 aromatic heterocycles. The second kappa shape index (κ2) is 6.13. The van der Waals surface area contributed by atoms with Crippen LogP contribution in [0.15, 0.2) is 53.7 Å². The average molecular weight is 337 g/mol. The molecule has 5 nitrogen and oxygen atoms in total. The maximum absolute atomic E-state index is 12.4. The summed E-state index contributed by atoms with van der Waals surface area (Å²) in [6, 6.07) is 11.8. The second-order valence-corrected chi connectivity index (χ2v) is 6.32. The van der Waals surface area contributed by atoms with Crippen LogP contribution in [0.4, 0.5) is 0 Å². The fourth-order valence-electron chi connectivity index (χ4n) is 2.82. The minimum absolute atomic E-state index is 0.330. The number of thioether (sulfide) groups is 1. The van der Waals surface area contributed by atoms with E-state index in [1.807, 2.05) is 47.3 Å². The summed E-state index contributed by atoms with van der Waals surface area (Å²) >= 11 is 1.69. The number of hydrogen-bond acceptors (Lipinski definition) is 5. The van der Waals surface area contributed by atoms with Gasteiger partial charge in [-0.15, -0.1) is 11.8 Å². The number of para-hydroxylation sites is 1. The highest BCUT2D eigenvalue weighted by Crippen LogP contribution is 2.43. The number of hydrogen-bond donors (Lipinski definition) is 0. The first kappa shape index (κ1) is 15.0. The summed E-state index contributed by atoms with van der Waals surface area (Å²) in [6.07, 6.45) is 3.61. The Morgan fingerprint density at radius 1 is 1.29 bits per heavy atom. The van der Waals surface area contributed by atoms with Crippen molar-refractivity contribution in [3.05, 3.63) is 60.0 Å². The fraction of sp³-hybridized carbons (Fsp3) is 0.167. The Labute approximate surface area is 143 Å². The van der Waals surface area contributed by atoms with Gasteiger partial charge < -0.3 is 4.74 Å². The van der Waals surface area contributed by atoms with Gasteiger partial charge in [-0.1, -0.05) is 18.2 Å². The smallest absolute Gasteiger partial charge is 0.359 e. The Bertz CT molecular complexity index is 906. The van der Waals surface area contributed by atoms with Crippen molar-refractivity contribution in [2.75, 3.05) is 6.61 Å². The van der Waals surface area contributed by atoms with E-state index < -0.39 is 0 Å². The van der Waals surface area contributed by atoms with Gasteiger partial charge in [0.2, 0.25) is 0 Å². The van der Waals surface area contributed by atoms with E-state index in [-0.39, 0.29) is 5.97 Å². The lowest BCUT2D eigenvalue weighted by atomic mass is 10.1. The maximum atomic E-state index is 12.4. The first-order valence-corrected chi connectivity index (χ1v) is 8.69. The Hall–Kier alpha value is -2.60. The molecule has 0 N–H and O–H groups in total. The van der Waals surface area contributed by atoms with E-state index in [0.717, 1.165) is 27.4 Å². The third kappa shape index (κ3) is 2.39. The summed E-state index contributed by atoms with van der Waals surface area (Å²) in [7, 11) is 0. The number of nitrogens with zero attached hydrogens (tertiary/aromatic N) is 3. The van der Waals surface area contributed by atoms with E-state index in [9.17, 15) is 4.79 Å². The zero-order chi connectivity index (χ0) is 16.5. The molecule has 1 aromatic carbocycles. The van der Waals surface area contributed by atoms with E-state index in [2.05, 4.69) is 10.1 Å². The first-order valence-electron chi connectivity index (χ1n) is 7.71. The van der Waals surface area contributed by atoms with Crippen LogP contribution in [0.5, 0.6) is 0 Å². The summed E-state index contributed by atoms with van der Waals surface area (Å²) in [4.78, 5) is 17.7. The molecule has 0 fully saturated rings. The number of pyridine rings is 1. The highest BCUT2D eigenvalue weighted by Gasteiger charge is 2.30. The number of carbonyl (C=O) groups excluding carboxylic acids is 1. The molecule has 0 saturated carbocycles. The average Bonchev–Trinajstić information content (AvgIpc) is 3.03. The van der Waals surface area contributed by atoms with Crippen molar-refractivity contribution in [3.8, 4) is 16.9 Å². The summed E-state index contributed by atoms with van der Waals surface area (Å²) in [5.74, 6) is 0.309. The Morgan fingerprint density at radius 2 is 2.12 bits per heavy atom. The number of esters is 1. The molecule has 24 heavy (non-hydrogen) atoms. The third-order valence-corrected chi connectivity index (χ3v) is 4.96. The lowest BCUT2D eigenvalue weighted by Crippen LogP contribution is -2.08. The number of rotatable bonds is 3. The number of aromatic nitrogens is 3. The molecule has 3 aromatic rings. The number of benzene rings is 1. The van der Waals surface area contributed by atoms with Crippen molar-refractivity contribution in [3.63, 3.8) is 0 Å². The van der Waals surface area contributed by atoms with Crippen LogP contribution >= 0.6 is 11.8 Å². The Balaban J connectivity index is 1.97. The summed E-state index contributed by atoms with van der Waals surface area (Å²) < 4.78 is 7.01. The van der Waals surface area contributed by atoms with Gasteiger partial charge in [0, 0.05) is 34.2 Å². The summed E-state index contributed by atoms with van der Waals surface area (Å²) in [6.45, 7) is 2.13. The first-order chi connectivity index (χ1) is 11.8. The molecule has 6 heteroatoms. The molecule has 4 rings (SSSR count). The van der Waals surface area contributed by atoms with Crippen LogP contribution in [0.1, 0.15) is 23.0 Å².